The highest BCUT2D eigenvalue weighted by Gasteiger charge is 2.08. The van der Waals surface area contributed by atoms with Crippen LogP contribution >= 0.6 is 0 Å². The summed E-state index contributed by atoms with van der Waals surface area (Å²) in [4.78, 5) is 0. The maximum atomic E-state index is 10.3. The Balaban J connectivity index is 1.95. The van der Waals surface area contributed by atoms with Gasteiger partial charge in [0.15, 0.2) is 0 Å². The number of ether oxygens (including phenoxy) is 1. The van der Waals surface area contributed by atoms with Crippen molar-refractivity contribution in [1.29, 1.82) is 0 Å². The van der Waals surface area contributed by atoms with Gasteiger partial charge in [0, 0.05) is 0 Å². The van der Waals surface area contributed by atoms with Gasteiger partial charge in [0.25, 0.3) is 0 Å². The van der Waals surface area contributed by atoms with Crippen molar-refractivity contribution in [2.24, 2.45) is 0 Å². The monoisotopic (exact) mass is 270 g/mol. The number of hydrogen-bond donors (Lipinski definition) is 1. The topological polar surface area (TPSA) is 29.5 Å². The van der Waals surface area contributed by atoms with Gasteiger partial charge in [-0.3, -0.25) is 0 Å². The molecule has 0 bridgehead atoms. The summed E-state index contributed by atoms with van der Waals surface area (Å²) in [6.07, 6.45) is 1.15. The van der Waals surface area contributed by atoms with E-state index in [4.69, 9.17) is 4.74 Å². The van der Waals surface area contributed by atoms with Crippen LogP contribution < -0.4 is 4.74 Å². The van der Waals surface area contributed by atoms with Crippen LogP contribution in [-0.2, 0) is 6.42 Å². The largest absolute Gasteiger partial charge is 0.494 e. The summed E-state index contributed by atoms with van der Waals surface area (Å²) >= 11 is 0. The fourth-order valence-corrected chi connectivity index (χ4v) is 2.20. The molecule has 0 saturated carbocycles. The highest BCUT2D eigenvalue weighted by molar-refractivity contribution is 5.30. The van der Waals surface area contributed by atoms with Crippen LogP contribution in [-0.4, -0.2) is 11.7 Å². The predicted octanol–water partition coefficient (Wildman–Crippen LogP) is 4.06. The van der Waals surface area contributed by atoms with E-state index in [1.807, 2.05) is 31.2 Å². The number of aliphatic hydroxyl groups excluding tert-OH is 1. The first-order valence-corrected chi connectivity index (χ1v) is 7.15. The van der Waals surface area contributed by atoms with Crippen LogP contribution in [0.3, 0.4) is 0 Å². The van der Waals surface area contributed by atoms with Crippen LogP contribution in [0.1, 0.15) is 36.1 Å². The number of benzene rings is 2. The van der Waals surface area contributed by atoms with Gasteiger partial charge in [0.1, 0.15) is 5.75 Å². The van der Waals surface area contributed by atoms with Crippen molar-refractivity contribution in [3.63, 3.8) is 0 Å². The molecule has 0 aliphatic rings. The Kier molecular flexibility index (Phi) is 5.19. The smallest absolute Gasteiger partial charge is 0.119 e. The maximum Gasteiger partial charge on any atom is 0.119 e. The summed E-state index contributed by atoms with van der Waals surface area (Å²) in [5.74, 6) is 0.819. The summed E-state index contributed by atoms with van der Waals surface area (Å²) in [5.41, 5.74) is 3.44. The zero-order chi connectivity index (χ0) is 14.4. The number of aryl methyl sites for hydroxylation is 2. The standard InChI is InChI=1S/C18H22O2/c1-3-20-17-6-4-5-16(13-17)18(19)12-11-15-9-7-14(2)8-10-15/h4-10,13,18-19H,3,11-12H2,1-2H3. The molecule has 0 heterocycles. The van der Waals surface area contributed by atoms with E-state index in [1.54, 1.807) is 0 Å². The normalized spacial score (nSPS) is 12.2. The first kappa shape index (κ1) is 14.6. The van der Waals surface area contributed by atoms with E-state index in [2.05, 4.69) is 31.2 Å². The highest BCUT2D eigenvalue weighted by Crippen LogP contribution is 2.23. The van der Waals surface area contributed by atoms with Gasteiger partial charge in [-0.1, -0.05) is 42.0 Å². The number of hydrogen-bond acceptors (Lipinski definition) is 2. The Morgan fingerprint density at radius 3 is 2.55 bits per heavy atom. The third-order valence-electron chi connectivity index (χ3n) is 3.38. The lowest BCUT2D eigenvalue weighted by molar-refractivity contribution is 0.167. The zero-order valence-corrected chi connectivity index (χ0v) is 12.2. The molecule has 0 fully saturated rings. The first-order valence-electron chi connectivity index (χ1n) is 7.15. The van der Waals surface area contributed by atoms with Crippen LogP contribution in [0.2, 0.25) is 0 Å². The predicted molar refractivity (Wildman–Crippen MR) is 82.1 cm³/mol. The van der Waals surface area contributed by atoms with Gasteiger partial charge in [-0.25, -0.2) is 0 Å². The Bertz CT molecular complexity index is 531. The second-order valence-corrected chi connectivity index (χ2v) is 5.05. The summed E-state index contributed by atoms with van der Waals surface area (Å²) in [5, 5.41) is 10.3. The molecule has 0 radical (unpaired) electrons. The van der Waals surface area contributed by atoms with Crippen LogP contribution in [0.15, 0.2) is 48.5 Å². The third-order valence-corrected chi connectivity index (χ3v) is 3.38. The van der Waals surface area contributed by atoms with Gasteiger partial charge in [0.2, 0.25) is 0 Å². The minimum atomic E-state index is -0.447. The van der Waals surface area contributed by atoms with Crippen molar-refractivity contribution in [2.75, 3.05) is 6.61 Å². The minimum Gasteiger partial charge on any atom is -0.494 e. The van der Waals surface area contributed by atoms with E-state index in [0.717, 1.165) is 24.2 Å². The molecular formula is C18H22O2. The average Bonchev–Trinajstić information content (AvgIpc) is 2.47. The van der Waals surface area contributed by atoms with Crippen LogP contribution in [0, 0.1) is 6.92 Å². The summed E-state index contributed by atoms with van der Waals surface area (Å²) in [6.45, 7) is 4.68. The molecule has 106 valence electrons. The summed E-state index contributed by atoms with van der Waals surface area (Å²) in [6, 6.07) is 16.2. The highest BCUT2D eigenvalue weighted by atomic mass is 16.5. The molecule has 0 amide bonds. The lowest BCUT2D eigenvalue weighted by Gasteiger charge is -2.12. The number of aliphatic hydroxyl groups is 1. The van der Waals surface area contributed by atoms with Gasteiger partial charge >= 0.3 is 0 Å². The van der Waals surface area contributed by atoms with Crippen molar-refractivity contribution in [1.82, 2.24) is 0 Å². The van der Waals surface area contributed by atoms with Gasteiger partial charge in [-0.15, -0.1) is 0 Å². The average molecular weight is 270 g/mol. The molecule has 2 heteroatoms. The van der Waals surface area contributed by atoms with Crippen molar-refractivity contribution < 1.29 is 9.84 Å². The minimum absolute atomic E-state index is 0.447. The summed E-state index contributed by atoms with van der Waals surface area (Å²) < 4.78 is 5.46. The molecule has 1 atom stereocenters. The Labute approximate surface area is 121 Å². The third kappa shape index (κ3) is 4.10. The number of rotatable bonds is 6. The molecule has 20 heavy (non-hydrogen) atoms. The molecule has 0 saturated heterocycles. The molecule has 2 rings (SSSR count). The Hall–Kier alpha value is -1.80. The van der Waals surface area contributed by atoms with E-state index in [1.165, 1.54) is 11.1 Å². The quantitative estimate of drug-likeness (QED) is 0.857. The second-order valence-electron chi connectivity index (χ2n) is 5.05. The molecule has 2 aromatic carbocycles. The Morgan fingerprint density at radius 1 is 1.10 bits per heavy atom. The molecule has 2 nitrogen and oxygen atoms in total. The van der Waals surface area contributed by atoms with E-state index in [9.17, 15) is 5.11 Å². The fraction of sp³-hybridized carbons (Fsp3) is 0.333. The zero-order valence-electron chi connectivity index (χ0n) is 12.2. The molecule has 1 unspecified atom stereocenters. The lowest BCUT2D eigenvalue weighted by Crippen LogP contribution is -2.01. The van der Waals surface area contributed by atoms with Crippen LogP contribution in [0.25, 0.3) is 0 Å². The van der Waals surface area contributed by atoms with Crippen LogP contribution in [0.5, 0.6) is 5.75 Å². The molecule has 0 aromatic heterocycles. The van der Waals surface area contributed by atoms with Crippen molar-refractivity contribution >= 4 is 0 Å². The summed E-state index contributed by atoms with van der Waals surface area (Å²) in [7, 11) is 0. The Morgan fingerprint density at radius 2 is 1.85 bits per heavy atom. The van der Waals surface area contributed by atoms with E-state index in [0.29, 0.717) is 6.61 Å². The first-order chi connectivity index (χ1) is 9.69. The maximum absolute atomic E-state index is 10.3. The van der Waals surface area contributed by atoms with E-state index in [-0.39, 0.29) is 0 Å². The van der Waals surface area contributed by atoms with Gasteiger partial charge < -0.3 is 9.84 Å². The van der Waals surface area contributed by atoms with Gasteiger partial charge in [-0.05, 0) is 49.9 Å². The second kappa shape index (κ2) is 7.11. The SMILES string of the molecule is CCOc1cccc(C(O)CCc2ccc(C)cc2)c1. The van der Waals surface area contributed by atoms with Crippen LogP contribution in [0.4, 0.5) is 0 Å². The van der Waals surface area contributed by atoms with E-state index >= 15 is 0 Å². The molecular weight excluding hydrogens is 248 g/mol. The fourth-order valence-electron chi connectivity index (χ4n) is 2.20. The molecule has 0 spiro atoms. The van der Waals surface area contributed by atoms with Crippen molar-refractivity contribution in [3.8, 4) is 5.75 Å². The molecule has 2 aromatic rings. The van der Waals surface area contributed by atoms with Crippen molar-refractivity contribution in [3.05, 3.63) is 65.2 Å². The molecule has 0 aliphatic heterocycles. The van der Waals surface area contributed by atoms with Gasteiger partial charge in [0.05, 0.1) is 12.7 Å². The molecule has 0 aliphatic carbocycles. The lowest BCUT2D eigenvalue weighted by atomic mass is 10.0. The van der Waals surface area contributed by atoms with E-state index < -0.39 is 6.10 Å². The molecule has 1 N–H and O–H groups in total. The van der Waals surface area contributed by atoms with Gasteiger partial charge in [-0.2, -0.15) is 0 Å². The van der Waals surface area contributed by atoms with Crippen molar-refractivity contribution in [2.45, 2.75) is 32.8 Å².